The van der Waals surface area contributed by atoms with Crippen molar-refractivity contribution in [1.29, 1.82) is 10.5 Å². The Hall–Kier alpha value is -2.41. The molecule has 0 aliphatic carbocycles. The Labute approximate surface area is 110 Å². The van der Waals surface area contributed by atoms with Gasteiger partial charge in [-0.3, -0.25) is 0 Å². The lowest BCUT2D eigenvalue weighted by atomic mass is 10.1. The molecule has 0 aromatic heterocycles. The third kappa shape index (κ3) is 3.78. The number of benzene rings is 1. The molecule has 98 valence electrons. The van der Waals surface area contributed by atoms with Crippen molar-refractivity contribution in [1.82, 2.24) is 0 Å². The van der Waals surface area contributed by atoms with E-state index in [2.05, 4.69) is 5.32 Å². The highest BCUT2D eigenvalue weighted by molar-refractivity contribution is 5.55. The van der Waals surface area contributed by atoms with E-state index in [4.69, 9.17) is 20.0 Å². The van der Waals surface area contributed by atoms with Crippen LogP contribution in [0.25, 0.3) is 0 Å². The number of anilines is 1. The van der Waals surface area contributed by atoms with Gasteiger partial charge in [0.1, 0.15) is 23.5 Å². The van der Waals surface area contributed by atoms with E-state index in [1.54, 1.807) is 12.1 Å². The first kappa shape index (κ1) is 14.7. The van der Waals surface area contributed by atoms with Gasteiger partial charge in [-0.1, -0.05) is 0 Å². The lowest BCUT2D eigenvalue weighted by Crippen LogP contribution is -2.07. The van der Waals surface area contributed by atoms with Crippen LogP contribution >= 0.6 is 0 Å². The maximum absolute atomic E-state index is 13.3. The standard InChI is InChI=1S/C13H12FN3O2/c1-18-13(19-2)11-5-10(14)3-4-12(11)17-8-9(6-15)7-16/h3-5,8,13,17H,1-2H3. The first-order valence-electron chi connectivity index (χ1n) is 5.28. The van der Waals surface area contributed by atoms with E-state index < -0.39 is 12.1 Å². The van der Waals surface area contributed by atoms with Gasteiger partial charge in [-0.2, -0.15) is 10.5 Å². The molecular weight excluding hydrogens is 249 g/mol. The van der Waals surface area contributed by atoms with Crippen molar-refractivity contribution >= 4 is 5.69 Å². The number of methoxy groups -OCH3 is 2. The molecular formula is C13H12FN3O2. The number of ether oxygens (including phenoxy) is 2. The van der Waals surface area contributed by atoms with Crippen LogP contribution in [0.2, 0.25) is 0 Å². The second-order valence-corrected chi connectivity index (χ2v) is 3.46. The van der Waals surface area contributed by atoms with Crippen molar-refractivity contribution in [3.8, 4) is 12.1 Å². The third-order valence-corrected chi connectivity index (χ3v) is 2.31. The molecule has 1 N–H and O–H groups in total. The fourth-order valence-corrected chi connectivity index (χ4v) is 1.45. The number of hydrogen-bond donors (Lipinski definition) is 1. The third-order valence-electron chi connectivity index (χ3n) is 2.31. The molecule has 1 aromatic rings. The highest BCUT2D eigenvalue weighted by atomic mass is 19.1. The van der Waals surface area contributed by atoms with Crippen LogP contribution in [0.3, 0.4) is 0 Å². The summed E-state index contributed by atoms with van der Waals surface area (Å²) in [5, 5.41) is 20.0. The molecule has 0 saturated carbocycles. The number of hydrogen-bond acceptors (Lipinski definition) is 5. The minimum atomic E-state index is -0.751. The summed E-state index contributed by atoms with van der Waals surface area (Å²) in [5.41, 5.74) is 0.816. The SMILES string of the molecule is COC(OC)c1cc(F)ccc1NC=C(C#N)C#N. The van der Waals surface area contributed by atoms with Crippen LogP contribution < -0.4 is 5.32 Å². The number of nitrogens with zero attached hydrogens (tertiary/aromatic N) is 2. The zero-order valence-electron chi connectivity index (χ0n) is 10.5. The van der Waals surface area contributed by atoms with Crippen molar-refractivity contribution in [2.24, 2.45) is 0 Å². The van der Waals surface area contributed by atoms with E-state index in [9.17, 15) is 4.39 Å². The van der Waals surface area contributed by atoms with Gasteiger partial charge in [0.05, 0.1) is 0 Å². The Kier molecular flexibility index (Phi) is 5.49. The molecule has 0 radical (unpaired) electrons. The van der Waals surface area contributed by atoms with E-state index in [0.717, 1.165) is 0 Å². The van der Waals surface area contributed by atoms with Crippen molar-refractivity contribution < 1.29 is 13.9 Å². The van der Waals surface area contributed by atoms with Gasteiger partial charge in [0.15, 0.2) is 6.29 Å². The first-order chi connectivity index (χ1) is 9.15. The Morgan fingerprint density at radius 3 is 2.47 bits per heavy atom. The Morgan fingerprint density at radius 2 is 1.95 bits per heavy atom. The monoisotopic (exact) mass is 261 g/mol. The highest BCUT2D eigenvalue weighted by Gasteiger charge is 2.14. The fraction of sp³-hybridized carbons (Fsp3) is 0.231. The van der Waals surface area contributed by atoms with Gasteiger partial charge in [-0.05, 0) is 18.2 Å². The largest absolute Gasteiger partial charge is 0.359 e. The second-order valence-electron chi connectivity index (χ2n) is 3.46. The van der Waals surface area contributed by atoms with Crippen LogP contribution in [0.1, 0.15) is 11.9 Å². The second kappa shape index (κ2) is 7.12. The summed E-state index contributed by atoms with van der Waals surface area (Å²) in [6.45, 7) is 0. The van der Waals surface area contributed by atoms with Crippen molar-refractivity contribution in [3.05, 3.63) is 41.4 Å². The summed E-state index contributed by atoms with van der Waals surface area (Å²) in [6.07, 6.45) is 0.485. The van der Waals surface area contributed by atoms with E-state index in [0.29, 0.717) is 11.3 Å². The quantitative estimate of drug-likeness (QED) is 0.650. The number of allylic oxidation sites excluding steroid dienone is 1. The normalized spacial score (nSPS) is 9.58. The number of nitrogens with one attached hydrogen (secondary N) is 1. The Morgan fingerprint density at radius 1 is 1.32 bits per heavy atom. The van der Waals surface area contributed by atoms with Gasteiger partial charge in [-0.15, -0.1) is 0 Å². The number of rotatable bonds is 5. The zero-order valence-corrected chi connectivity index (χ0v) is 10.5. The van der Waals surface area contributed by atoms with Crippen LogP contribution in [0.5, 0.6) is 0 Å². The van der Waals surface area contributed by atoms with E-state index in [1.807, 2.05) is 0 Å². The smallest absolute Gasteiger partial charge is 0.185 e. The van der Waals surface area contributed by atoms with Gasteiger partial charge in [0.2, 0.25) is 0 Å². The van der Waals surface area contributed by atoms with E-state index in [-0.39, 0.29) is 5.57 Å². The van der Waals surface area contributed by atoms with Gasteiger partial charge in [-0.25, -0.2) is 4.39 Å². The molecule has 0 fully saturated rings. The molecule has 0 unspecified atom stereocenters. The van der Waals surface area contributed by atoms with Crippen LogP contribution in [0.15, 0.2) is 30.0 Å². The Bertz CT molecular complexity index is 538. The van der Waals surface area contributed by atoms with E-state index in [1.165, 1.54) is 38.6 Å². The van der Waals surface area contributed by atoms with E-state index >= 15 is 0 Å². The van der Waals surface area contributed by atoms with Crippen molar-refractivity contribution in [2.45, 2.75) is 6.29 Å². The van der Waals surface area contributed by atoms with Crippen LogP contribution in [-0.4, -0.2) is 14.2 Å². The minimum Gasteiger partial charge on any atom is -0.359 e. The van der Waals surface area contributed by atoms with Gasteiger partial charge < -0.3 is 14.8 Å². The topological polar surface area (TPSA) is 78.1 Å². The predicted octanol–water partition coefficient (Wildman–Crippen LogP) is 2.46. The van der Waals surface area contributed by atoms with Crippen molar-refractivity contribution in [2.75, 3.05) is 19.5 Å². The lowest BCUT2D eigenvalue weighted by Gasteiger charge is -2.17. The average Bonchev–Trinajstić information content (AvgIpc) is 2.43. The molecule has 5 nitrogen and oxygen atoms in total. The Balaban J connectivity index is 3.11. The molecule has 0 bridgehead atoms. The van der Waals surface area contributed by atoms with Crippen LogP contribution in [-0.2, 0) is 9.47 Å². The van der Waals surface area contributed by atoms with Gasteiger partial charge >= 0.3 is 0 Å². The number of halogens is 1. The van der Waals surface area contributed by atoms with Gasteiger partial charge in [0, 0.05) is 31.7 Å². The average molecular weight is 261 g/mol. The van der Waals surface area contributed by atoms with Crippen molar-refractivity contribution in [3.63, 3.8) is 0 Å². The fourth-order valence-electron chi connectivity index (χ4n) is 1.45. The molecule has 0 aliphatic heterocycles. The molecule has 0 saturated heterocycles. The molecule has 1 aromatic carbocycles. The minimum absolute atomic E-state index is 0.0957. The maximum atomic E-state index is 13.3. The van der Waals surface area contributed by atoms with Crippen LogP contribution in [0, 0.1) is 28.5 Å². The first-order valence-corrected chi connectivity index (χ1v) is 5.28. The summed E-state index contributed by atoms with van der Waals surface area (Å²) >= 11 is 0. The summed E-state index contributed by atoms with van der Waals surface area (Å²) < 4.78 is 23.4. The summed E-state index contributed by atoms with van der Waals surface area (Å²) in [7, 11) is 2.85. The molecule has 0 amide bonds. The summed E-state index contributed by atoms with van der Waals surface area (Å²) in [4.78, 5) is 0. The molecule has 0 atom stereocenters. The molecule has 6 heteroatoms. The lowest BCUT2D eigenvalue weighted by molar-refractivity contribution is -0.105. The number of nitriles is 2. The summed E-state index contributed by atoms with van der Waals surface area (Å²) in [5.74, 6) is -0.440. The molecule has 0 heterocycles. The highest BCUT2D eigenvalue weighted by Crippen LogP contribution is 2.27. The summed E-state index contributed by atoms with van der Waals surface area (Å²) in [6, 6.07) is 7.40. The predicted molar refractivity (Wildman–Crippen MR) is 66.1 cm³/mol. The zero-order chi connectivity index (χ0) is 14.3. The molecule has 0 spiro atoms. The molecule has 19 heavy (non-hydrogen) atoms. The molecule has 0 aliphatic rings. The van der Waals surface area contributed by atoms with Gasteiger partial charge in [0.25, 0.3) is 0 Å². The molecule has 1 rings (SSSR count). The van der Waals surface area contributed by atoms with Crippen LogP contribution in [0.4, 0.5) is 10.1 Å². The maximum Gasteiger partial charge on any atom is 0.185 e.